The Morgan fingerprint density at radius 2 is 2.20 bits per heavy atom. The van der Waals surface area contributed by atoms with Crippen LogP contribution in [-0.2, 0) is 5.75 Å². The highest BCUT2D eigenvalue weighted by Gasteiger charge is 2.11. The molecular formula is C12H11N5O2S. The molecule has 3 heterocycles. The average molecular weight is 289 g/mol. The van der Waals surface area contributed by atoms with Crippen molar-refractivity contribution in [3.63, 3.8) is 0 Å². The fourth-order valence-electron chi connectivity index (χ4n) is 1.57. The summed E-state index contributed by atoms with van der Waals surface area (Å²) in [5, 5.41) is 8.45. The molecule has 0 saturated carbocycles. The van der Waals surface area contributed by atoms with Crippen molar-refractivity contribution in [2.45, 2.75) is 17.8 Å². The first-order valence-electron chi connectivity index (χ1n) is 5.81. The van der Waals surface area contributed by atoms with Gasteiger partial charge in [-0.1, -0.05) is 11.8 Å². The van der Waals surface area contributed by atoms with Gasteiger partial charge in [0.15, 0.2) is 10.9 Å². The molecule has 0 atom stereocenters. The van der Waals surface area contributed by atoms with E-state index in [1.807, 2.05) is 6.92 Å². The van der Waals surface area contributed by atoms with E-state index < -0.39 is 0 Å². The molecule has 3 aromatic heterocycles. The van der Waals surface area contributed by atoms with Crippen molar-refractivity contribution in [2.75, 3.05) is 5.73 Å². The van der Waals surface area contributed by atoms with E-state index in [9.17, 15) is 0 Å². The molecule has 0 saturated heterocycles. The predicted molar refractivity (Wildman–Crippen MR) is 72.7 cm³/mol. The molecule has 102 valence electrons. The van der Waals surface area contributed by atoms with Crippen molar-refractivity contribution in [3.05, 3.63) is 36.0 Å². The lowest BCUT2D eigenvalue weighted by Gasteiger charge is -2.00. The number of nitrogens with two attached hydrogens (primary N) is 1. The zero-order valence-corrected chi connectivity index (χ0v) is 11.4. The van der Waals surface area contributed by atoms with E-state index in [1.165, 1.54) is 11.8 Å². The highest BCUT2D eigenvalue weighted by atomic mass is 32.2. The molecule has 3 rings (SSSR count). The maximum atomic E-state index is 5.67. The average Bonchev–Trinajstić information content (AvgIpc) is 3.06. The molecule has 3 aromatic rings. The highest BCUT2D eigenvalue weighted by molar-refractivity contribution is 7.98. The van der Waals surface area contributed by atoms with Crippen LogP contribution in [0.15, 0.2) is 38.5 Å². The fraction of sp³-hybridized carbons (Fsp3) is 0.167. The number of furan rings is 1. The van der Waals surface area contributed by atoms with E-state index >= 15 is 0 Å². The zero-order chi connectivity index (χ0) is 13.9. The van der Waals surface area contributed by atoms with Crippen LogP contribution < -0.4 is 5.73 Å². The van der Waals surface area contributed by atoms with Crippen LogP contribution in [-0.4, -0.2) is 20.2 Å². The summed E-state index contributed by atoms with van der Waals surface area (Å²) in [5.74, 6) is 2.29. The molecule has 0 bridgehead atoms. The van der Waals surface area contributed by atoms with Gasteiger partial charge in [-0.3, -0.25) is 0 Å². The molecule has 0 spiro atoms. The van der Waals surface area contributed by atoms with Crippen LogP contribution in [0.25, 0.3) is 11.7 Å². The summed E-state index contributed by atoms with van der Waals surface area (Å²) in [6.07, 6.45) is 1.55. The number of rotatable bonds is 4. The minimum atomic E-state index is 0.357. The molecule has 0 aliphatic carbocycles. The molecule has 0 radical (unpaired) electrons. The summed E-state index contributed by atoms with van der Waals surface area (Å²) >= 11 is 1.38. The van der Waals surface area contributed by atoms with E-state index in [4.69, 9.17) is 14.6 Å². The Morgan fingerprint density at radius 1 is 1.30 bits per heavy atom. The van der Waals surface area contributed by atoms with Crippen molar-refractivity contribution >= 4 is 17.6 Å². The van der Waals surface area contributed by atoms with Crippen LogP contribution in [0.4, 0.5) is 5.82 Å². The van der Waals surface area contributed by atoms with Crippen LogP contribution in [0, 0.1) is 6.92 Å². The summed E-state index contributed by atoms with van der Waals surface area (Å²) in [4.78, 5) is 8.40. The summed E-state index contributed by atoms with van der Waals surface area (Å²) < 4.78 is 10.7. The number of nitrogen functional groups attached to an aromatic ring is 1. The second kappa shape index (κ2) is 5.33. The van der Waals surface area contributed by atoms with Crippen molar-refractivity contribution < 1.29 is 8.83 Å². The zero-order valence-electron chi connectivity index (χ0n) is 10.6. The molecule has 0 aliphatic heterocycles. The first-order valence-corrected chi connectivity index (χ1v) is 6.79. The molecular weight excluding hydrogens is 278 g/mol. The number of hydrogen-bond donors (Lipinski definition) is 1. The minimum Gasteiger partial charge on any atom is -0.459 e. The summed E-state index contributed by atoms with van der Waals surface area (Å²) in [6, 6.07) is 5.23. The van der Waals surface area contributed by atoms with E-state index in [2.05, 4.69) is 20.2 Å². The second-order valence-electron chi connectivity index (χ2n) is 3.98. The molecule has 7 nitrogen and oxygen atoms in total. The van der Waals surface area contributed by atoms with E-state index in [0.29, 0.717) is 34.3 Å². The van der Waals surface area contributed by atoms with Crippen LogP contribution in [0.1, 0.15) is 11.6 Å². The molecule has 0 unspecified atom stereocenters. The second-order valence-corrected chi connectivity index (χ2v) is 4.93. The van der Waals surface area contributed by atoms with E-state index in [-0.39, 0.29) is 0 Å². The fourth-order valence-corrected chi connectivity index (χ4v) is 2.32. The Morgan fingerprint density at radius 3 is 2.95 bits per heavy atom. The van der Waals surface area contributed by atoms with Crippen LogP contribution in [0.5, 0.6) is 0 Å². The van der Waals surface area contributed by atoms with Gasteiger partial charge in [0.05, 0.1) is 12.0 Å². The summed E-state index contributed by atoms with van der Waals surface area (Å²) in [6.45, 7) is 1.86. The van der Waals surface area contributed by atoms with Gasteiger partial charge in [0.25, 0.3) is 5.89 Å². The van der Waals surface area contributed by atoms with Gasteiger partial charge in [-0.25, -0.2) is 9.97 Å². The molecule has 8 heteroatoms. The first-order chi connectivity index (χ1) is 9.70. The highest BCUT2D eigenvalue weighted by Crippen LogP contribution is 2.23. The van der Waals surface area contributed by atoms with Crippen molar-refractivity contribution in [2.24, 2.45) is 0 Å². The molecule has 20 heavy (non-hydrogen) atoms. The van der Waals surface area contributed by atoms with Gasteiger partial charge in [-0.15, -0.1) is 10.2 Å². The van der Waals surface area contributed by atoms with Gasteiger partial charge in [-0.2, -0.15) is 0 Å². The van der Waals surface area contributed by atoms with E-state index in [0.717, 1.165) is 5.69 Å². The van der Waals surface area contributed by atoms with Gasteiger partial charge in [0.1, 0.15) is 5.82 Å². The van der Waals surface area contributed by atoms with Crippen LogP contribution in [0.2, 0.25) is 0 Å². The largest absolute Gasteiger partial charge is 0.459 e. The topological polar surface area (TPSA) is 104 Å². The quantitative estimate of drug-likeness (QED) is 0.576. The van der Waals surface area contributed by atoms with Gasteiger partial charge in [-0.05, 0) is 19.1 Å². The van der Waals surface area contributed by atoms with Gasteiger partial charge in [0.2, 0.25) is 5.89 Å². The Hall–Kier alpha value is -2.35. The molecule has 0 aromatic carbocycles. The molecule has 0 amide bonds. The third-order valence-corrected chi connectivity index (χ3v) is 3.21. The van der Waals surface area contributed by atoms with Crippen LogP contribution in [0.3, 0.4) is 0 Å². The van der Waals surface area contributed by atoms with Crippen molar-refractivity contribution in [1.82, 2.24) is 20.2 Å². The predicted octanol–water partition coefficient (Wildman–Crippen LogP) is 2.30. The monoisotopic (exact) mass is 289 g/mol. The number of hydrogen-bond acceptors (Lipinski definition) is 8. The summed E-state index contributed by atoms with van der Waals surface area (Å²) in [7, 11) is 0. The van der Waals surface area contributed by atoms with Crippen molar-refractivity contribution in [3.8, 4) is 11.7 Å². The number of thioether (sulfide) groups is 1. The minimum absolute atomic E-state index is 0.357. The third kappa shape index (κ3) is 2.80. The Balaban J connectivity index is 1.69. The molecule has 0 fully saturated rings. The van der Waals surface area contributed by atoms with E-state index in [1.54, 1.807) is 24.5 Å². The Kier molecular flexibility index (Phi) is 3.38. The lowest BCUT2D eigenvalue weighted by Crippen LogP contribution is -1.96. The standard InChI is InChI=1S/C12H11N5O2S/c1-7-5-9(13)15-12(14-7)20-6-10-16-17-11(19-10)8-3-2-4-18-8/h2-5H,6H2,1H3,(H2,13,14,15). The summed E-state index contributed by atoms with van der Waals surface area (Å²) in [5.41, 5.74) is 6.49. The van der Waals surface area contributed by atoms with Crippen molar-refractivity contribution in [1.29, 1.82) is 0 Å². The maximum Gasteiger partial charge on any atom is 0.283 e. The van der Waals surface area contributed by atoms with Gasteiger partial charge >= 0.3 is 0 Å². The first kappa shape index (κ1) is 12.7. The molecule has 2 N–H and O–H groups in total. The SMILES string of the molecule is Cc1cc(N)nc(SCc2nnc(-c3ccco3)o2)n1. The van der Waals surface area contributed by atoms with Crippen LogP contribution >= 0.6 is 11.8 Å². The number of aromatic nitrogens is 4. The Bertz CT molecular complexity index is 690. The lowest BCUT2D eigenvalue weighted by atomic mass is 10.4. The number of nitrogens with zero attached hydrogens (tertiary/aromatic N) is 4. The number of anilines is 1. The molecule has 0 aliphatic rings. The Labute approximate surface area is 118 Å². The lowest BCUT2D eigenvalue weighted by molar-refractivity contribution is 0.494. The van der Waals surface area contributed by atoms with Gasteiger partial charge < -0.3 is 14.6 Å². The smallest absolute Gasteiger partial charge is 0.283 e. The third-order valence-electron chi connectivity index (χ3n) is 2.38. The van der Waals surface area contributed by atoms with Gasteiger partial charge in [0, 0.05) is 11.8 Å². The normalized spacial score (nSPS) is 10.8. The number of aryl methyl sites for hydroxylation is 1. The maximum absolute atomic E-state index is 5.67.